The van der Waals surface area contributed by atoms with Gasteiger partial charge in [0.25, 0.3) is 6.43 Å². The Hall–Kier alpha value is -1.70. The van der Waals surface area contributed by atoms with Gasteiger partial charge in [-0.1, -0.05) is 0 Å². The van der Waals surface area contributed by atoms with Gasteiger partial charge in [-0.05, 0) is 32.1 Å². The minimum absolute atomic E-state index is 0.0689. The normalized spacial score (nSPS) is 26.4. The molecule has 0 radical (unpaired) electrons. The number of amides is 1. The number of hydrogen-bond donors (Lipinski definition) is 1. The molecular weight excluding hydrogens is 330 g/mol. The van der Waals surface area contributed by atoms with Gasteiger partial charge in [0.1, 0.15) is 11.9 Å². The van der Waals surface area contributed by atoms with Crippen molar-refractivity contribution in [1.82, 2.24) is 14.7 Å². The van der Waals surface area contributed by atoms with Gasteiger partial charge >= 0.3 is 0 Å². The number of fused-ring (bicyclic) bond motifs is 1. The minimum atomic E-state index is -2.45. The number of carbonyl (C=O) groups excluding carboxylic acids is 1. The number of nitrogens with one attached hydrogen (secondary N) is 1. The Labute approximate surface area is 146 Å². The molecule has 3 atom stereocenters. The molecule has 8 heteroatoms. The lowest BCUT2D eigenvalue weighted by atomic mass is 9.86. The number of anilines is 1. The highest BCUT2D eigenvalue weighted by molar-refractivity contribution is 5.76. The molecule has 2 aliphatic rings. The molecule has 0 unspecified atom stereocenters. The van der Waals surface area contributed by atoms with E-state index >= 15 is 0 Å². The van der Waals surface area contributed by atoms with E-state index in [1.54, 1.807) is 14.0 Å². The molecule has 0 bridgehead atoms. The molecule has 6 nitrogen and oxygen atoms in total. The summed E-state index contributed by atoms with van der Waals surface area (Å²) in [5.74, 6) is 0.904. The fourth-order valence-electron chi connectivity index (χ4n) is 3.92. The first kappa shape index (κ1) is 18.1. The minimum Gasteiger partial charge on any atom is -0.384 e. The zero-order valence-electron chi connectivity index (χ0n) is 14.8. The third-order valence-electron chi connectivity index (χ3n) is 5.19. The second-order valence-electron chi connectivity index (χ2n) is 6.99. The van der Waals surface area contributed by atoms with Crippen molar-refractivity contribution in [2.45, 2.75) is 51.1 Å². The number of rotatable bonds is 5. The van der Waals surface area contributed by atoms with Crippen LogP contribution in [0.5, 0.6) is 0 Å². The Bertz CT molecular complexity index is 607. The summed E-state index contributed by atoms with van der Waals surface area (Å²) in [6.45, 7) is 3.57. The summed E-state index contributed by atoms with van der Waals surface area (Å²) in [7, 11) is 1.58. The van der Waals surface area contributed by atoms with Crippen molar-refractivity contribution in [3.05, 3.63) is 11.8 Å². The molecule has 0 spiro atoms. The first-order valence-electron chi connectivity index (χ1n) is 8.87. The summed E-state index contributed by atoms with van der Waals surface area (Å²) >= 11 is 0. The first-order valence-corrected chi connectivity index (χ1v) is 8.87. The maximum absolute atomic E-state index is 13.5. The number of nitrogens with zero attached hydrogens (tertiary/aromatic N) is 3. The van der Waals surface area contributed by atoms with Gasteiger partial charge < -0.3 is 15.0 Å². The van der Waals surface area contributed by atoms with E-state index in [2.05, 4.69) is 10.4 Å². The fourth-order valence-corrected chi connectivity index (χ4v) is 3.92. The molecular formula is C17H26F2N4O2. The molecule has 1 saturated heterocycles. The van der Waals surface area contributed by atoms with Crippen LogP contribution in [0.1, 0.15) is 37.4 Å². The quantitative estimate of drug-likeness (QED) is 0.880. The Balaban J connectivity index is 1.70. The highest BCUT2D eigenvalue weighted by atomic mass is 19.3. The van der Waals surface area contributed by atoms with E-state index in [4.69, 9.17) is 4.74 Å². The van der Waals surface area contributed by atoms with E-state index in [1.807, 2.05) is 11.0 Å². The highest BCUT2D eigenvalue weighted by Crippen LogP contribution is 2.36. The molecule has 0 aromatic carbocycles. The summed E-state index contributed by atoms with van der Waals surface area (Å²) in [6, 6.07) is 0.835. The maximum atomic E-state index is 13.5. The predicted molar refractivity (Wildman–Crippen MR) is 89.8 cm³/mol. The number of likely N-dealkylation sites (tertiary alicyclic amines) is 1. The van der Waals surface area contributed by atoms with E-state index in [0.717, 1.165) is 25.1 Å². The SMILES string of the molecule is COCCC(=O)N1CCC[C@@H]([C@@H]2C[C@H](C(F)F)n3nc(C)cc3N2)C1. The van der Waals surface area contributed by atoms with E-state index in [1.165, 1.54) is 4.68 Å². The molecule has 3 heterocycles. The molecule has 0 saturated carbocycles. The topological polar surface area (TPSA) is 59.4 Å². The average Bonchev–Trinajstić information content (AvgIpc) is 2.98. The Morgan fingerprint density at radius 3 is 3.04 bits per heavy atom. The number of hydrogen-bond acceptors (Lipinski definition) is 4. The maximum Gasteiger partial charge on any atom is 0.260 e. The van der Waals surface area contributed by atoms with Crippen molar-refractivity contribution >= 4 is 11.7 Å². The lowest BCUT2D eigenvalue weighted by Crippen LogP contribution is -2.48. The Kier molecular flexibility index (Phi) is 5.56. The van der Waals surface area contributed by atoms with Gasteiger partial charge in [0.15, 0.2) is 0 Å². The lowest BCUT2D eigenvalue weighted by Gasteiger charge is -2.41. The van der Waals surface area contributed by atoms with Gasteiger partial charge in [-0.2, -0.15) is 5.10 Å². The number of carbonyl (C=O) groups is 1. The average molecular weight is 356 g/mol. The molecule has 2 aliphatic heterocycles. The van der Waals surface area contributed by atoms with Gasteiger partial charge in [0.05, 0.1) is 18.7 Å². The third kappa shape index (κ3) is 3.94. The van der Waals surface area contributed by atoms with Crippen LogP contribution < -0.4 is 5.32 Å². The Morgan fingerprint density at radius 2 is 2.32 bits per heavy atom. The van der Waals surface area contributed by atoms with Crippen LogP contribution >= 0.6 is 0 Å². The van der Waals surface area contributed by atoms with Crippen molar-refractivity contribution in [2.75, 3.05) is 32.1 Å². The van der Waals surface area contributed by atoms with Crippen molar-refractivity contribution in [2.24, 2.45) is 5.92 Å². The van der Waals surface area contributed by atoms with Gasteiger partial charge in [0.2, 0.25) is 5.91 Å². The van der Waals surface area contributed by atoms with E-state index in [-0.39, 0.29) is 17.9 Å². The van der Waals surface area contributed by atoms with E-state index in [0.29, 0.717) is 31.8 Å². The summed E-state index contributed by atoms with van der Waals surface area (Å²) in [5, 5.41) is 7.59. The summed E-state index contributed by atoms with van der Waals surface area (Å²) in [6.07, 6.45) is 0.0861. The van der Waals surface area contributed by atoms with Gasteiger partial charge in [-0.3, -0.25) is 4.79 Å². The van der Waals surface area contributed by atoms with Gasteiger partial charge in [0, 0.05) is 32.3 Å². The van der Waals surface area contributed by atoms with Crippen LogP contribution in [0.3, 0.4) is 0 Å². The number of alkyl halides is 2. The van der Waals surface area contributed by atoms with Gasteiger partial charge in [-0.25, -0.2) is 13.5 Å². The standard InChI is InChI=1S/C17H26F2N4O2/c1-11-8-15-20-13(9-14(17(18)19)23(15)21-11)12-4-3-6-22(10-12)16(24)5-7-25-2/h8,12-14,17,20H,3-7,9-10H2,1-2H3/t12-,13+,14-/m1/s1. The summed E-state index contributed by atoms with van der Waals surface area (Å²) in [5.41, 5.74) is 0.730. The number of methoxy groups -OCH3 is 1. The van der Waals surface area contributed by atoms with Crippen molar-refractivity contribution < 1.29 is 18.3 Å². The molecule has 25 heavy (non-hydrogen) atoms. The summed E-state index contributed by atoms with van der Waals surface area (Å²) in [4.78, 5) is 14.1. The van der Waals surface area contributed by atoms with Crippen LogP contribution in [-0.2, 0) is 9.53 Å². The Morgan fingerprint density at radius 1 is 1.52 bits per heavy atom. The van der Waals surface area contributed by atoms with Crippen LogP contribution in [0.25, 0.3) is 0 Å². The molecule has 1 aromatic heterocycles. The monoisotopic (exact) mass is 356 g/mol. The van der Waals surface area contributed by atoms with Gasteiger partial charge in [-0.15, -0.1) is 0 Å². The molecule has 1 aromatic rings. The fraction of sp³-hybridized carbons (Fsp3) is 0.765. The number of aromatic nitrogens is 2. The molecule has 1 fully saturated rings. The van der Waals surface area contributed by atoms with Crippen LogP contribution in [-0.4, -0.2) is 59.9 Å². The first-order chi connectivity index (χ1) is 12.0. The third-order valence-corrected chi connectivity index (χ3v) is 5.19. The lowest BCUT2D eigenvalue weighted by molar-refractivity contribution is -0.134. The smallest absolute Gasteiger partial charge is 0.260 e. The van der Waals surface area contributed by atoms with Crippen LogP contribution in [0, 0.1) is 12.8 Å². The molecule has 3 rings (SSSR count). The number of ether oxygens (including phenoxy) is 1. The zero-order valence-corrected chi connectivity index (χ0v) is 14.8. The van der Waals surface area contributed by atoms with E-state index in [9.17, 15) is 13.6 Å². The second-order valence-corrected chi connectivity index (χ2v) is 6.99. The summed E-state index contributed by atoms with van der Waals surface area (Å²) < 4.78 is 33.4. The predicted octanol–water partition coefficient (Wildman–Crippen LogP) is 2.46. The zero-order chi connectivity index (χ0) is 18.0. The van der Waals surface area contributed by atoms with Crippen LogP contribution in [0.2, 0.25) is 0 Å². The number of halogens is 2. The van der Waals surface area contributed by atoms with Crippen molar-refractivity contribution in [3.63, 3.8) is 0 Å². The van der Waals surface area contributed by atoms with Crippen LogP contribution in [0.4, 0.5) is 14.6 Å². The molecule has 140 valence electrons. The molecule has 0 aliphatic carbocycles. The largest absolute Gasteiger partial charge is 0.384 e. The number of piperidine rings is 1. The van der Waals surface area contributed by atoms with Crippen molar-refractivity contribution in [1.29, 1.82) is 0 Å². The number of aryl methyl sites for hydroxylation is 1. The van der Waals surface area contributed by atoms with Crippen LogP contribution in [0.15, 0.2) is 6.07 Å². The second kappa shape index (κ2) is 7.68. The van der Waals surface area contributed by atoms with E-state index < -0.39 is 12.5 Å². The highest BCUT2D eigenvalue weighted by Gasteiger charge is 2.38. The molecule has 1 amide bonds. The van der Waals surface area contributed by atoms with Crippen molar-refractivity contribution in [3.8, 4) is 0 Å². The molecule has 1 N–H and O–H groups in total.